The van der Waals surface area contributed by atoms with Crippen molar-refractivity contribution >= 4 is 17.3 Å². The maximum atomic E-state index is 13.2. The Hall–Kier alpha value is -3.80. The molecule has 0 saturated carbocycles. The Kier molecular flexibility index (Phi) is 6.53. The lowest BCUT2D eigenvalue weighted by molar-refractivity contribution is -0.384. The van der Waals surface area contributed by atoms with Crippen LogP contribution in [0.15, 0.2) is 55.1 Å². The van der Waals surface area contributed by atoms with E-state index in [4.69, 9.17) is 0 Å². The third kappa shape index (κ3) is 5.27. The van der Waals surface area contributed by atoms with Crippen LogP contribution in [-0.4, -0.2) is 44.1 Å². The monoisotopic (exact) mass is 448 g/mol. The van der Waals surface area contributed by atoms with Gasteiger partial charge in [-0.2, -0.15) is 18.3 Å². The van der Waals surface area contributed by atoms with Gasteiger partial charge in [-0.1, -0.05) is 12.1 Å². The summed E-state index contributed by atoms with van der Waals surface area (Å²) in [7, 11) is 1.63. The van der Waals surface area contributed by atoms with Gasteiger partial charge in [-0.3, -0.25) is 19.8 Å². The van der Waals surface area contributed by atoms with Crippen molar-refractivity contribution in [1.29, 1.82) is 0 Å². The topological polar surface area (TPSA) is 106 Å². The first-order valence-corrected chi connectivity index (χ1v) is 9.37. The summed E-state index contributed by atoms with van der Waals surface area (Å²) in [6, 6.07) is 8.57. The maximum Gasteiger partial charge on any atom is 0.416 e. The number of benzene rings is 2. The molecule has 0 fully saturated rings. The first-order valence-electron chi connectivity index (χ1n) is 9.37. The Morgan fingerprint density at radius 2 is 2.03 bits per heavy atom. The zero-order chi connectivity index (χ0) is 23.5. The summed E-state index contributed by atoms with van der Waals surface area (Å²) in [6.07, 6.45) is -2.07. The van der Waals surface area contributed by atoms with E-state index < -0.39 is 22.6 Å². The van der Waals surface area contributed by atoms with Crippen LogP contribution in [0.5, 0.6) is 0 Å². The molecule has 12 heteroatoms. The second kappa shape index (κ2) is 9.14. The summed E-state index contributed by atoms with van der Waals surface area (Å²) >= 11 is 0. The highest BCUT2D eigenvalue weighted by molar-refractivity contribution is 5.94. The van der Waals surface area contributed by atoms with Crippen LogP contribution in [0.1, 0.15) is 24.1 Å². The van der Waals surface area contributed by atoms with Gasteiger partial charge in [0.15, 0.2) is 0 Å². The molecule has 168 valence electrons. The molecule has 1 aromatic heterocycles. The summed E-state index contributed by atoms with van der Waals surface area (Å²) < 4.78 is 40.7. The number of alkyl halides is 3. The molecule has 1 heterocycles. The lowest BCUT2D eigenvalue weighted by atomic mass is 10.1. The van der Waals surface area contributed by atoms with Crippen LogP contribution in [0.25, 0.3) is 5.69 Å². The van der Waals surface area contributed by atoms with Crippen molar-refractivity contribution in [3.63, 3.8) is 0 Å². The summed E-state index contributed by atoms with van der Waals surface area (Å²) in [5.41, 5.74) is -0.231. The normalized spacial score (nSPS) is 12.6. The highest BCUT2D eigenvalue weighted by Crippen LogP contribution is 2.33. The molecule has 0 aliphatic carbocycles. The molecule has 32 heavy (non-hydrogen) atoms. The van der Waals surface area contributed by atoms with Crippen molar-refractivity contribution in [3.05, 3.63) is 76.4 Å². The molecule has 1 atom stereocenters. The molecule has 1 unspecified atom stereocenters. The van der Waals surface area contributed by atoms with Crippen LogP contribution in [0.4, 0.5) is 24.5 Å². The standard InChI is InChI=1S/C20H19F3N6O3/c1-13(14-4-3-5-16(8-14)29(31)32)27(2)10-19(30)26-17-9-15(20(21,22)23)6-7-18(17)28-12-24-11-25-28/h3-9,11-13H,10H2,1-2H3,(H,26,30). The Balaban J connectivity index is 1.79. The third-order valence-electron chi connectivity index (χ3n) is 4.88. The van der Waals surface area contributed by atoms with Gasteiger partial charge in [0, 0.05) is 18.2 Å². The van der Waals surface area contributed by atoms with Crippen LogP contribution in [0.2, 0.25) is 0 Å². The molecule has 0 bridgehead atoms. The SMILES string of the molecule is CC(c1cccc([N+](=O)[O-])c1)N(C)CC(=O)Nc1cc(C(F)(F)F)ccc1-n1cncn1. The number of hydrogen-bond donors (Lipinski definition) is 1. The van der Waals surface area contributed by atoms with Crippen LogP contribution in [0.3, 0.4) is 0 Å². The fourth-order valence-corrected chi connectivity index (χ4v) is 3.05. The second-order valence-corrected chi connectivity index (χ2v) is 7.06. The van der Waals surface area contributed by atoms with Crippen LogP contribution >= 0.6 is 0 Å². The van der Waals surface area contributed by atoms with Gasteiger partial charge < -0.3 is 5.32 Å². The Morgan fingerprint density at radius 1 is 1.28 bits per heavy atom. The van der Waals surface area contributed by atoms with Gasteiger partial charge in [-0.15, -0.1) is 0 Å². The van der Waals surface area contributed by atoms with Gasteiger partial charge >= 0.3 is 6.18 Å². The summed E-state index contributed by atoms with van der Waals surface area (Å²) in [6.45, 7) is 1.59. The number of nitrogens with one attached hydrogen (secondary N) is 1. The molecule has 3 rings (SSSR count). The van der Waals surface area contributed by atoms with Gasteiger partial charge in [0.05, 0.1) is 28.4 Å². The number of non-ortho nitro benzene ring substituents is 1. The van der Waals surface area contributed by atoms with E-state index >= 15 is 0 Å². The maximum absolute atomic E-state index is 13.2. The molecule has 1 amide bonds. The number of rotatable bonds is 7. The molecule has 0 aliphatic heterocycles. The number of nitro groups is 1. The zero-order valence-electron chi connectivity index (χ0n) is 17.1. The zero-order valence-corrected chi connectivity index (χ0v) is 17.1. The van der Waals surface area contributed by atoms with E-state index in [-0.39, 0.29) is 29.6 Å². The molecule has 0 saturated heterocycles. The van der Waals surface area contributed by atoms with Crippen molar-refractivity contribution in [2.75, 3.05) is 18.9 Å². The van der Waals surface area contributed by atoms with Gasteiger partial charge in [0.1, 0.15) is 12.7 Å². The van der Waals surface area contributed by atoms with E-state index in [1.165, 1.54) is 35.5 Å². The summed E-state index contributed by atoms with van der Waals surface area (Å²) in [5, 5.41) is 17.4. The smallest absolute Gasteiger partial charge is 0.323 e. The predicted octanol–water partition coefficient (Wildman–Crippen LogP) is 3.83. The van der Waals surface area contributed by atoms with E-state index in [0.717, 1.165) is 12.1 Å². The molecular formula is C20H19F3N6O3. The Bertz CT molecular complexity index is 1120. The van der Waals surface area contributed by atoms with Gasteiger partial charge in [0.2, 0.25) is 5.91 Å². The van der Waals surface area contributed by atoms with Crippen molar-refractivity contribution in [3.8, 4) is 5.69 Å². The van der Waals surface area contributed by atoms with Gasteiger partial charge in [-0.05, 0) is 37.7 Å². The number of nitro benzene ring substituents is 1. The minimum absolute atomic E-state index is 0.0753. The van der Waals surface area contributed by atoms with E-state index in [9.17, 15) is 28.1 Å². The molecule has 9 nitrogen and oxygen atoms in total. The summed E-state index contributed by atoms with van der Waals surface area (Å²) in [4.78, 5) is 28.5. The van der Waals surface area contributed by atoms with Gasteiger partial charge in [0.25, 0.3) is 5.69 Å². The molecule has 0 aliphatic rings. The minimum atomic E-state index is -4.59. The molecule has 1 N–H and O–H groups in total. The van der Waals surface area contributed by atoms with E-state index in [0.29, 0.717) is 5.56 Å². The number of carbonyl (C=O) groups is 1. The van der Waals surface area contributed by atoms with Crippen molar-refractivity contribution in [1.82, 2.24) is 19.7 Å². The molecule has 2 aromatic carbocycles. The Labute approximate surface area is 180 Å². The third-order valence-corrected chi connectivity index (χ3v) is 4.88. The fraction of sp³-hybridized carbons (Fsp3) is 0.250. The average molecular weight is 448 g/mol. The van der Waals surface area contributed by atoms with Crippen LogP contribution < -0.4 is 5.32 Å². The fourth-order valence-electron chi connectivity index (χ4n) is 3.05. The van der Waals surface area contributed by atoms with Crippen molar-refractivity contribution in [2.45, 2.75) is 19.1 Å². The molecule has 3 aromatic rings. The number of nitrogens with zero attached hydrogens (tertiary/aromatic N) is 5. The molecule has 0 radical (unpaired) electrons. The number of likely N-dealkylation sites (N-methyl/N-ethyl adjacent to an activating group) is 1. The number of amides is 1. The minimum Gasteiger partial charge on any atom is -0.323 e. The number of carbonyl (C=O) groups excluding carboxylic acids is 1. The number of aromatic nitrogens is 3. The highest BCUT2D eigenvalue weighted by Gasteiger charge is 2.31. The first-order chi connectivity index (χ1) is 15.1. The van der Waals surface area contributed by atoms with E-state index in [1.807, 2.05) is 0 Å². The van der Waals surface area contributed by atoms with Gasteiger partial charge in [-0.25, -0.2) is 9.67 Å². The number of anilines is 1. The average Bonchev–Trinajstić information content (AvgIpc) is 3.27. The summed E-state index contributed by atoms with van der Waals surface area (Å²) in [5.74, 6) is -0.564. The van der Waals surface area contributed by atoms with E-state index in [1.54, 1.807) is 31.0 Å². The lowest BCUT2D eigenvalue weighted by Gasteiger charge is -2.24. The molecule has 0 spiro atoms. The van der Waals surface area contributed by atoms with Crippen LogP contribution in [0, 0.1) is 10.1 Å². The predicted molar refractivity (Wildman–Crippen MR) is 109 cm³/mol. The van der Waals surface area contributed by atoms with E-state index in [2.05, 4.69) is 15.4 Å². The quantitative estimate of drug-likeness (QED) is 0.435. The van der Waals surface area contributed by atoms with Crippen molar-refractivity contribution in [2.24, 2.45) is 0 Å². The first kappa shape index (κ1) is 22.9. The number of halogens is 3. The second-order valence-electron chi connectivity index (χ2n) is 7.06. The lowest BCUT2D eigenvalue weighted by Crippen LogP contribution is -2.32. The largest absolute Gasteiger partial charge is 0.416 e. The molecular weight excluding hydrogens is 429 g/mol. The Morgan fingerprint density at radius 3 is 2.66 bits per heavy atom. The number of hydrogen-bond acceptors (Lipinski definition) is 6. The van der Waals surface area contributed by atoms with Crippen molar-refractivity contribution < 1.29 is 22.9 Å². The highest BCUT2D eigenvalue weighted by atomic mass is 19.4. The van der Waals surface area contributed by atoms with Crippen LogP contribution in [-0.2, 0) is 11.0 Å².